The zero-order valence-electron chi connectivity index (χ0n) is 17.0. The van der Waals surface area contributed by atoms with Crippen molar-refractivity contribution < 1.29 is 28.2 Å². The molecule has 164 valence electrons. The van der Waals surface area contributed by atoms with Crippen LogP contribution in [0.4, 0.5) is 8.78 Å². The summed E-state index contributed by atoms with van der Waals surface area (Å²) in [6.07, 6.45) is -0.127. The first-order valence-corrected chi connectivity index (χ1v) is 10.1. The van der Waals surface area contributed by atoms with Gasteiger partial charge >= 0.3 is 11.9 Å². The Labute approximate surface area is 183 Å². The number of benzene rings is 3. The molecule has 0 fully saturated rings. The maximum atomic E-state index is 13.5. The molecule has 3 N–H and O–H groups in total. The zero-order chi connectivity index (χ0) is 22.8. The number of carboxylic acid groups (broad SMARTS) is 1. The molecule has 0 saturated heterocycles. The summed E-state index contributed by atoms with van der Waals surface area (Å²) >= 11 is 0. The number of esters is 1. The molecule has 32 heavy (non-hydrogen) atoms. The molecule has 0 radical (unpaired) electrons. The van der Waals surface area contributed by atoms with Crippen LogP contribution in [0.15, 0.2) is 66.7 Å². The summed E-state index contributed by atoms with van der Waals surface area (Å²) in [6.45, 7) is -0.0332. The van der Waals surface area contributed by atoms with Gasteiger partial charge in [-0.25, -0.2) is 8.78 Å². The third kappa shape index (κ3) is 4.11. The van der Waals surface area contributed by atoms with Crippen molar-refractivity contribution in [2.45, 2.75) is 18.4 Å². The Bertz CT molecular complexity index is 1130. The number of carboxylic acids is 1. The average molecular weight is 437 g/mol. The summed E-state index contributed by atoms with van der Waals surface area (Å²) in [5.74, 6) is -6.35. The van der Waals surface area contributed by atoms with Crippen LogP contribution in [0.1, 0.15) is 22.6 Å². The van der Waals surface area contributed by atoms with Crippen LogP contribution in [0.3, 0.4) is 0 Å². The van der Waals surface area contributed by atoms with E-state index >= 15 is 0 Å². The molecule has 0 amide bonds. The van der Waals surface area contributed by atoms with Crippen molar-refractivity contribution in [2.24, 2.45) is 11.7 Å². The standard InChI is InChI=1S/C25H21F2NO4/c26-20-10-9-14(11-21(20)27)12-22(28)23(24(29)30)25(31)32-13-19-17-7-3-1-5-15(17)16-6-2-4-8-18(16)19/h1-11,19,22-23H,12-13,28H2,(H,29,30)/t22-,23+/m0/s1. The summed E-state index contributed by atoms with van der Waals surface area (Å²) in [5, 5.41) is 9.58. The molecule has 3 aromatic rings. The van der Waals surface area contributed by atoms with Crippen molar-refractivity contribution in [2.75, 3.05) is 6.61 Å². The van der Waals surface area contributed by atoms with Gasteiger partial charge in [0.05, 0.1) is 0 Å². The Morgan fingerprint density at radius 2 is 1.53 bits per heavy atom. The minimum Gasteiger partial charge on any atom is -0.481 e. The van der Waals surface area contributed by atoms with Crippen LogP contribution >= 0.6 is 0 Å². The molecule has 7 heteroatoms. The number of hydrogen-bond donors (Lipinski definition) is 2. The number of carbonyl (C=O) groups is 2. The van der Waals surface area contributed by atoms with Crippen LogP contribution in [-0.4, -0.2) is 29.7 Å². The molecular weight excluding hydrogens is 416 g/mol. The predicted molar refractivity (Wildman–Crippen MR) is 114 cm³/mol. The van der Waals surface area contributed by atoms with Gasteiger partial charge in [-0.05, 0) is 46.4 Å². The molecule has 3 aromatic carbocycles. The van der Waals surface area contributed by atoms with Crippen LogP contribution in [0, 0.1) is 17.6 Å². The SMILES string of the molecule is N[C@@H](Cc1ccc(F)c(F)c1)[C@H](C(=O)O)C(=O)OCC1c2ccccc2-c2ccccc21. The summed E-state index contributed by atoms with van der Waals surface area (Å²) in [5.41, 5.74) is 10.4. The van der Waals surface area contributed by atoms with Crippen molar-refractivity contribution in [1.82, 2.24) is 0 Å². The summed E-state index contributed by atoms with van der Waals surface area (Å²) in [4.78, 5) is 24.5. The highest BCUT2D eigenvalue weighted by Gasteiger charge is 2.36. The molecule has 0 spiro atoms. The highest BCUT2D eigenvalue weighted by atomic mass is 19.2. The van der Waals surface area contributed by atoms with E-state index in [1.807, 2.05) is 48.5 Å². The Morgan fingerprint density at radius 1 is 0.938 bits per heavy atom. The van der Waals surface area contributed by atoms with Crippen molar-refractivity contribution in [3.05, 3.63) is 95.1 Å². The van der Waals surface area contributed by atoms with Gasteiger partial charge in [-0.2, -0.15) is 0 Å². The molecular formula is C25H21F2NO4. The second-order valence-electron chi connectivity index (χ2n) is 7.79. The fraction of sp³-hybridized carbons (Fsp3) is 0.200. The Kier molecular flexibility index (Phi) is 6.01. The van der Waals surface area contributed by atoms with Crippen molar-refractivity contribution in [1.29, 1.82) is 0 Å². The van der Waals surface area contributed by atoms with Crippen molar-refractivity contribution >= 4 is 11.9 Å². The number of aliphatic carboxylic acids is 1. The highest BCUT2D eigenvalue weighted by molar-refractivity contribution is 5.95. The third-order valence-corrected chi connectivity index (χ3v) is 5.76. The largest absolute Gasteiger partial charge is 0.481 e. The van der Waals surface area contributed by atoms with Gasteiger partial charge in [0.1, 0.15) is 6.61 Å². The molecule has 0 aliphatic heterocycles. The molecule has 1 aliphatic rings. The van der Waals surface area contributed by atoms with Gasteiger partial charge in [0.15, 0.2) is 17.6 Å². The topological polar surface area (TPSA) is 89.6 Å². The first-order valence-electron chi connectivity index (χ1n) is 10.1. The monoisotopic (exact) mass is 437 g/mol. The number of fused-ring (bicyclic) bond motifs is 3. The van der Waals surface area contributed by atoms with Gasteiger partial charge in [0.25, 0.3) is 0 Å². The Balaban J connectivity index is 1.49. The lowest BCUT2D eigenvalue weighted by molar-refractivity contribution is -0.159. The maximum absolute atomic E-state index is 13.5. The summed E-state index contributed by atoms with van der Waals surface area (Å²) in [6, 6.07) is 17.6. The summed E-state index contributed by atoms with van der Waals surface area (Å²) < 4.78 is 32.0. The third-order valence-electron chi connectivity index (χ3n) is 5.76. The Morgan fingerprint density at radius 3 is 2.09 bits per heavy atom. The lowest BCUT2D eigenvalue weighted by atomic mass is 9.94. The van der Waals surface area contributed by atoms with E-state index < -0.39 is 35.5 Å². The van der Waals surface area contributed by atoms with Crippen LogP contribution in [0.2, 0.25) is 0 Å². The van der Waals surface area contributed by atoms with Gasteiger partial charge in [-0.1, -0.05) is 54.6 Å². The fourth-order valence-electron chi connectivity index (χ4n) is 4.21. The van der Waals surface area contributed by atoms with Crippen LogP contribution in [0.5, 0.6) is 0 Å². The van der Waals surface area contributed by atoms with E-state index in [0.717, 1.165) is 34.4 Å². The number of nitrogens with two attached hydrogens (primary N) is 1. The zero-order valence-corrected chi connectivity index (χ0v) is 17.0. The van der Waals surface area contributed by atoms with E-state index in [0.29, 0.717) is 0 Å². The smallest absolute Gasteiger partial charge is 0.321 e. The van der Waals surface area contributed by atoms with Gasteiger partial charge < -0.3 is 15.6 Å². The number of hydrogen-bond acceptors (Lipinski definition) is 4. The van der Waals surface area contributed by atoms with Crippen molar-refractivity contribution in [3.63, 3.8) is 0 Å². The normalized spacial score (nSPS) is 14.3. The first-order chi connectivity index (χ1) is 15.4. The lowest BCUT2D eigenvalue weighted by Gasteiger charge is -2.21. The lowest BCUT2D eigenvalue weighted by Crippen LogP contribution is -2.43. The van der Waals surface area contributed by atoms with E-state index in [1.165, 1.54) is 6.07 Å². The Hall–Kier alpha value is -3.58. The molecule has 0 bridgehead atoms. The van der Waals surface area contributed by atoms with E-state index in [9.17, 15) is 23.5 Å². The van der Waals surface area contributed by atoms with Crippen LogP contribution in [-0.2, 0) is 20.7 Å². The van der Waals surface area contributed by atoms with Crippen LogP contribution < -0.4 is 5.73 Å². The number of rotatable bonds is 7. The van der Waals surface area contributed by atoms with Crippen LogP contribution in [0.25, 0.3) is 11.1 Å². The van der Waals surface area contributed by atoms with Gasteiger partial charge in [0, 0.05) is 12.0 Å². The number of ether oxygens (including phenoxy) is 1. The second kappa shape index (κ2) is 8.88. The summed E-state index contributed by atoms with van der Waals surface area (Å²) in [7, 11) is 0. The minimum absolute atomic E-state index is 0.0332. The molecule has 0 aromatic heterocycles. The van der Waals surface area contributed by atoms with E-state index in [-0.39, 0.29) is 24.5 Å². The number of halogens is 2. The maximum Gasteiger partial charge on any atom is 0.321 e. The molecule has 2 atom stereocenters. The van der Waals surface area contributed by atoms with E-state index in [4.69, 9.17) is 10.5 Å². The van der Waals surface area contributed by atoms with Gasteiger partial charge in [-0.15, -0.1) is 0 Å². The first kappa shape index (κ1) is 21.6. The highest BCUT2D eigenvalue weighted by Crippen LogP contribution is 2.44. The quantitative estimate of drug-likeness (QED) is 0.432. The fourth-order valence-corrected chi connectivity index (χ4v) is 4.21. The van der Waals surface area contributed by atoms with E-state index in [1.54, 1.807) is 0 Å². The molecule has 1 aliphatic carbocycles. The second-order valence-corrected chi connectivity index (χ2v) is 7.79. The van der Waals surface area contributed by atoms with Gasteiger partial charge in [-0.3, -0.25) is 9.59 Å². The molecule has 0 heterocycles. The minimum atomic E-state index is -1.64. The van der Waals surface area contributed by atoms with E-state index in [2.05, 4.69) is 0 Å². The van der Waals surface area contributed by atoms with Crippen molar-refractivity contribution in [3.8, 4) is 11.1 Å². The molecule has 5 nitrogen and oxygen atoms in total. The number of carbonyl (C=O) groups excluding carboxylic acids is 1. The average Bonchev–Trinajstić information content (AvgIpc) is 3.08. The molecule has 0 saturated carbocycles. The van der Waals surface area contributed by atoms with Gasteiger partial charge in [0.2, 0.25) is 0 Å². The predicted octanol–water partition coefficient (Wildman–Crippen LogP) is 3.89. The molecule has 4 rings (SSSR count). The molecule has 0 unspecified atom stereocenters.